The summed E-state index contributed by atoms with van der Waals surface area (Å²) in [6.45, 7) is 0.133. The van der Waals surface area contributed by atoms with Crippen molar-refractivity contribution in [3.05, 3.63) is 12.2 Å². The van der Waals surface area contributed by atoms with Gasteiger partial charge in [-0.1, -0.05) is 12.2 Å². The molecule has 56 valence electrons. The van der Waals surface area contributed by atoms with Gasteiger partial charge in [0.05, 0.1) is 0 Å². The van der Waals surface area contributed by atoms with E-state index < -0.39 is 0 Å². The van der Waals surface area contributed by atoms with E-state index in [1.54, 1.807) is 0 Å². The normalized spacial score (nSPS) is 32.1. The van der Waals surface area contributed by atoms with E-state index in [0.29, 0.717) is 0 Å². The summed E-state index contributed by atoms with van der Waals surface area (Å²) in [4.78, 5) is 10.4. The van der Waals surface area contributed by atoms with Crippen molar-refractivity contribution in [2.24, 2.45) is 11.8 Å². The van der Waals surface area contributed by atoms with Crippen molar-refractivity contribution in [2.45, 2.75) is 12.8 Å². The van der Waals surface area contributed by atoms with Gasteiger partial charge in [0.15, 0.2) is 0 Å². The smallest absolute Gasteiger partial charge is 0.123 e. The predicted octanol–water partition coefficient (Wildman–Crippen LogP) is 0.760. The van der Waals surface area contributed by atoms with Crippen LogP contribution in [-0.2, 0) is 4.79 Å². The maximum Gasteiger partial charge on any atom is 0.123 e. The molecule has 1 rings (SSSR count). The molecule has 0 bridgehead atoms. The Morgan fingerprint density at radius 3 is 2.70 bits per heavy atom. The molecule has 0 amide bonds. The van der Waals surface area contributed by atoms with Gasteiger partial charge in [-0.15, -0.1) is 0 Å². The summed E-state index contributed by atoms with van der Waals surface area (Å²) in [5.41, 5.74) is 0. The minimum absolute atomic E-state index is 0.0509. The van der Waals surface area contributed by atoms with Crippen LogP contribution in [0.4, 0.5) is 0 Å². The number of aliphatic hydroxyl groups excluding tert-OH is 1. The average molecular weight is 140 g/mol. The van der Waals surface area contributed by atoms with E-state index >= 15 is 0 Å². The zero-order valence-electron chi connectivity index (χ0n) is 5.86. The van der Waals surface area contributed by atoms with Gasteiger partial charge in [0.1, 0.15) is 6.29 Å². The Morgan fingerprint density at radius 2 is 2.20 bits per heavy atom. The van der Waals surface area contributed by atoms with Crippen LogP contribution in [0, 0.1) is 11.8 Å². The van der Waals surface area contributed by atoms with Crippen molar-refractivity contribution in [3.8, 4) is 0 Å². The molecule has 0 saturated heterocycles. The number of carbonyl (C=O) groups is 1. The second-order valence-corrected chi connectivity index (χ2v) is 2.69. The summed E-state index contributed by atoms with van der Waals surface area (Å²) in [6.07, 6.45) is 6.63. The SMILES string of the molecule is O=C[C@H]1CC=CC[C@H]1CO. The number of hydrogen-bond donors (Lipinski definition) is 1. The van der Waals surface area contributed by atoms with Crippen molar-refractivity contribution in [1.82, 2.24) is 0 Å². The first-order valence-corrected chi connectivity index (χ1v) is 3.59. The van der Waals surface area contributed by atoms with Gasteiger partial charge in [-0.2, -0.15) is 0 Å². The van der Waals surface area contributed by atoms with Crippen LogP contribution in [0.5, 0.6) is 0 Å². The number of allylic oxidation sites excluding steroid dienone is 2. The third-order valence-electron chi connectivity index (χ3n) is 2.03. The van der Waals surface area contributed by atoms with Crippen LogP contribution in [0.25, 0.3) is 0 Å². The van der Waals surface area contributed by atoms with Crippen molar-refractivity contribution in [3.63, 3.8) is 0 Å². The highest BCUT2D eigenvalue weighted by Crippen LogP contribution is 2.22. The molecular formula is C8H12O2. The molecule has 0 spiro atoms. The largest absolute Gasteiger partial charge is 0.396 e. The van der Waals surface area contributed by atoms with Crippen molar-refractivity contribution in [2.75, 3.05) is 6.61 Å². The first-order chi connectivity index (χ1) is 4.88. The minimum atomic E-state index is 0.0509. The van der Waals surface area contributed by atoms with E-state index in [2.05, 4.69) is 0 Å². The van der Waals surface area contributed by atoms with Crippen LogP contribution in [0.15, 0.2) is 12.2 Å². The van der Waals surface area contributed by atoms with E-state index in [0.717, 1.165) is 19.1 Å². The van der Waals surface area contributed by atoms with Crippen LogP contribution in [-0.4, -0.2) is 18.0 Å². The molecule has 2 heteroatoms. The van der Waals surface area contributed by atoms with Gasteiger partial charge >= 0.3 is 0 Å². The Hall–Kier alpha value is -0.630. The van der Waals surface area contributed by atoms with E-state index in [1.165, 1.54) is 0 Å². The fourth-order valence-corrected chi connectivity index (χ4v) is 1.27. The average Bonchev–Trinajstić information content (AvgIpc) is 2.04. The molecule has 0 fully saturated rings. The van der Waals surface area contributed by atoms with Gasteiger partial charge in [0, 0.05) is 12.5 Å². The van der Waals surface area contributed by atoms with Crippen LogP contribution in [0.2, 0.25) is 0 Å². The molecule has 2 nitrogen and oxygen atoms in total. The van der Waals surface area contributed by atoms with Crippen LogP contribution >= 0.6 is 0 Å². The first kappa shape index (κ1) is 7.48. The zero-order chi connectivity index (χ0) is 7.40. The topological polar surface area (TPSA) is 37.3 Å². The molecular weight excluding hydrogens is 128 g/mol. The van der Waals surface area contributed by atoms with Gasteiger partial charge in [-0.05, 0) is 18.8 Å². The van der Waals surface area contributed by atoms with Crippen molar-refractivity contribution >= 4 is 6.29 Å². The van der Waals surface area contributed by atoms with Crippen LogP contribution in [0.3, 0.4) is 0 Å². The number of aldehydes is 1. The second kappa shape index (κ2) is 3.52. The van der Waals surface area contributed by atoms with E-state index in [9.17, 15) is 4.79 Å². The van der Waals surface area contributed by atoms with Gasteiger partial charge in [-0.3, -0.25) is 0 Å². The Labute approximate surface area is 60.6 Å². The predicted molar refractivity (Wildman–Crippen MR) is 38.5 cm³/mol. The minimum Gasteiger partial charge on any atom is -0.396 e. The Kier molecular flexibility index (Phi) is 2.63. The highest BCUT2D eigenvalue weighted by molar-refractivity contribution is 5.54. The summed E-state index contributed by atoms with van der Waals surface area (Å²) >= 11 is 0. The highest BCUT2D eigenvalue weighted by Gasteiger charge is 2.20. The lowest BCUT2D eigenvalue weighted by Gasteiger charge is -2.21. The van der Waals surface area contributed by atoms with E-state index in [1.807, 2.05) is 12.2 Å². The molecule has 0 heterocycles. The second-order valence-electron chi connectivity index (χ2n) is 2.69. The van der Waals surface area contributed by atoms with Crippen molar-refractivity contribution < 1.29 is 9.90 Å². The monoisotopic (exact) mass is 140 g/mol. The lowest BCUT2D eigenvalue weighted by Crippen LogP contribution is -2.21. The summed E-state index contributed by atoms with van der Waals surface area (Å²) in [5.74, 6) is 0.220. The van der Waals surface area contributed by atoms with Crippen LogP contribution < -0.4 is 0 Å². The number of aliphatic hydroxyl groups is 1. The van der Waals surface area contributed by atoms with Gasteiger partial charge in [-0.25, -0.2) is 0 Å². The fourth-order valence-electron chi connectivity index (χ4n) is 1.27. The molecule has 0 aromatic heterocycles. The molecule has 0 aliphatic heterocycles. The summed E-state index contributed by atoms with van der Waals surface area (Å²) in [5, 5.41) is 8.80. The van der Waals surface area contributed by atoms with E-state index in [4.69, 9.17) is 5.11 Å². The van der Waals surface area contributed by atoms with Gasteiger partial charge in [0.25, 0.3) is 0 Å². The number of carbonyl (C=O) groups excluding carboxylic acids is 1. The number of rotatable bonds is 2. The lowest BCUT2D eigenvalue weighted by molar-refractivity contribution is -0.113. The third-order valence-corrected chi connectivity index (χ3v) is 2.03. The molecule has 1 aliphatic carbocycles. The number of hydrogen-bond acceptors (Lipinski definition) is 2. The molecule has 10 heavy (non-hydrogen) atoms. The fraction of sp³-hybridized carbons (Fsp3) is 0.625. The highest BCUT2D eigenvalue weighted by atomic mass is 16.3. The molecule has 1 N–H and O–H groups in total. The van der Waals surface area contributed by atoms with E-state index in [-0.39, 0.29) is 18.4 Å². The maximum atomic E-state index is 10.4. The van der Waals surface area contributed by atoms with Gasteiger partial charge < -0.3 is 9.90 Å². The molecule has 0 unspecified atom stereocenters. The summed E-state index contributed by atoms with van der Waals surface area (Å²) < 4.78 is 0. The molecule has 1 aliphatic rings. The third kappa shape index (κ3) is 1.45. The Balaban J connectivity index is 2.53. The molecule has 0 saturated carbocycles. The van der Waals surface area contributed by atoms with Crippen molar-refractivity contribution in [1.29, 1.82) is 0 Å². The molecule has 2 atom stereocenters. The summed E-state index contributed by atoms with van der Waals surface area (Å²) in [6, 6.07) is 0. The molecule has 0 aromatic carbocycles. The standard InChI is InChI=1S/C8H12O2/c9-5-7-3-1-2-4-8(7)6-10/h1-2,5,7-8,10H,3-4,6H2/t7-,8+/m1/s1. The van der Waals surface area contributed by atoms with Crippen LogP contribution in [0.1, 0.15) is 12.8 Å². The Bertz CT molecular complexity index is 140. The lowest BCUT2D eigenvalue weighted by atomic mass is 9.85. The first-order valence-electron chi connectivity index (χ1n) is 3.59. The maximum absolute atomic E-state index is 10.4. The molecule has 0 radical (unpaired) electrons. The summed E-state index contributed by atoms with van der Waals surface area (Å²) in [7, 11) is 0. The molecule has 0 aromatic rings. The quantitative estimate of drug-likeness (QED) is 0.454. The van der Waals surface area contributed by atoms with Gasteiger partial charge in [0.2, 0.25) is 0 Å². The zero-order valence-corrected chi connectivity index (χ0v) is 5.86. The Morgan fingerprint density at radius 1 is 1.50 bits per heavy atom.